The standard InChI is InChI=1S/C10H17NO3S2/c1-9(2)11(16(13,14)7-5-12)8-10-4-3-6-15-10/h3-4,6,9,12H,5,7-8H2,1-2H3. The van der Waals surface area contributed by atoms with Crippen LogP contribution in [0.1, 0.15) is 18.7 Å². The lowest BCUT2D eigenvalue weighted by molar-refractivity contribution is 0.306. The molecule has 0 saturated heterocycles. The average Bonchev–Trinajstić information content (AvgIpc) is 2.65. The minimum atomic E-state index is -3.36. The average molecular weight is 263 g/mol. The molecular weight excluding hydrogens is 246 g/mol. The van der Waals surface area contributed by atoms with Crippen molar-refractivity contribution in [3.05, 3.63) is 22.4 Å². The summed E-state index contributed by atoms with van der Waals surface area (Å²) in [6, 6.07) is 3.71. The zero-order valence-corrected chi connectivity index (χ0v) is 11.1. The summed E-state index contributed by atoms with van der Waals surface area (Å²) in [5, 5.41) is 10.7. The van der Waals surface area contributed by atoms with Gasteiger partial charge in [0.1, 0.15) is 0 Å². The van der Waals surface area contributed by atoms with Crippen LogP contribution in [0, 0.1) is 0 Å². The summed E-state index contributed by atoms with van der Waals surface area (Å²) in [4.78, 5) is 1.01. The summed E-state index contributed by atoms with van der Waals surface area (Å²) < 4.78 is 25.2. The van der Waals surface area contributed by atoms with Gasteiger partial charge in [-0.15, -0.1) is 11.3 Å². The van der Waals surface area contributed by atoms with Crippen LogP contribution in [0.3, 0.4) is 0 Å². The summed E-state index contributed by atoms with van der Waals surface area (Å²) in [6.07, 6.45) is 0. The maximum Gasteiger partial charge on any atom is 0.216 e. The Hall–Kier alpha value is -0.430. The van der Waals surface area contributed by atoms with Gasteiger partial charge in [-0.1, -0.05) is 6.07 Å². The highest BCUT2D eigenvalue weighted by atomic mass is 32.2. The molecule has 1 heterocycles. The third-order valence-electron chi connectivity index (χ3n) is 2.17. The van der Waals surface area contributed by atoms with Gasteiger partial charge in [0.15, 0.2) is 0 Å². The van der Waals surface area contributed by atoms with Gasteiger partial charge in [0.25, 0.3) is 0 Å². The van der Waals surface area contributed by atoms with Crippen molar-refractivity contribution >= 4 is 21.4 Å². The van der Waals surface area contributed by atoms with Crippen LogP contribution in [0.25, 0.3) is 0 Å². The molecule has 0 fully saturated rings. The lowest BCUT2D eigenvalue weighted by Gasteiger charge is -2.24. The predicted molar refractivity (Wildman–Crippen MR) is 65.9 cm³/mol. The molecule has 6 heteroatoms. The highest BCUT2D eigenvalue weighted by Crippen LogP contribution is 2.17. The van der Waals surface area contributed by atoms with Gasteiger partial charge in [0, 0.05) is 17.5 Å². The number of hydrogen-bond acceptors (Lipinski definition) is 4. The van der Waals surface area contributed by atoms with Crippen molar-refractivity contribution in [1.29, 1.82) is 0 Å². The Morgan fingerprint density at radius 2 is 2.19 bits per heavy atom. The van der Waals surface area contributed by atoms with Crippen LogP contribution in [-0.4, -0.2) is 36.2 Å². The minimum Gasteiger partial charge on any atom is -0.395 e. The molecule has 0 atom stereocenters. The van der Waals surface area contributed by atoms with Gasteiger partial charge in [0.2, 0.25) is 10.0 Å². The van der Waals surface area contributed by atoms with Crippen LogP contribution in [0.4, 0.5) is 0 Å². The van der Waals surface area contributed by atoms with Crippen LogP contribution in [0.2, 0.25) is 0 Å². The molecule has 0 bridgehead atoms. The van der Waals surface area contributed by atoms with Gasteiger partial charge < -0.3 is 5.11 Å². The lowest BCUT2D eigenvalue weighted by Crippen LogP contribution is -2.38. The van der Waals surface area contributed by atoms with Crippen molar-refractivity contribution in [1.82, 2.24) is 4.31 Å². The molecule has 0 spiro atoms. The second-order valence-electron chi connectivity index (χ2n) is 3.76. The van der Waals surface area contributed by atoms with Crippen molar-refractivity contribution in [2.75, 3.05) is 12.4 Å². The maximum absolute atomic E-state index is 11.9. The molecule has 0 aliphatic rings. The molecular formula is C10H17NO3S2. The Bertz CT molecular complexity index is 398. The first kappa shape index (κ1) is 13.6. The number of thiophene rings is 1. The van der Waals surface area contributed by atoms with E-state index in [-0.39, 0.29) is 18.4 Å². The number of nitrogens with zero attached hydrogens (tertiary/aromatic N) is 1. The largest absolute Gasteiger partial charge is 0.395 e. The van der Waals surface area contributed by atoms with E-state index in [1.807, 2.05) is 31.4 Å². The topological polar surface area (TPSA) is 57.6 Å². The Kier molecular flexibility index (Phi) is 4.91. The fraction of sp³-hybridized carbons (Fsp3) is 0.600. The number of hydrogen-bond donors (Lipinski definition) is 1. The second-order valence-corrected chi connectivity index (χ2v) is 6.83. The maximum atomic E-state index is 11.9. The first-order chi connectivity index (χ1) is 7.47. The molecule has 1 aromatic heterocycles. The molecule has 4 nitrogen and oxygen atoms in total. The molecule has 16 heavy (non-hydrogen) atoms. The van der Waals surface area contributed by atoms with Gasteiger partial charge in [0.05, 0.1) is 12.4 Å². The van der Waals surface area contributed by atoms with Crippen molar-refractivity contribution < 1.29 is 13.5 Å². The highest BCUT2D eigenvalue weighted by molar-refractivity contribution is 7.89. The van der Waals surface area contributed by atoms with Crippen molar-refractivity contribution in [3.63, 3.8) is 0 Å². The summed E-state index contributed by atoms with van der Waals surface area (Å²) in [5.41, 5.74) is 0. The number of sulfonamides is 1. The fourth-order valence-electron chi connectivity index (χ4n) is 1.39. The van der Waals surface area contributed by atoms with E-state index in [9.17, 15) is 8.42 Å². The summed E-state index contributed by atoms with van der Waals surface area (Å²) in [7, 11) is -3.36. The second kappa shape index (κ2) is 5.77. The molecule has 1 aromatic rings. The number of aliphatic hydroxyl groups is 1. The first-order valence-corrected chi connectivity index (χ1v) is 7.59. The molecule has 0 amide bonds. The van der Waals surface area contributed by atoms with Crippen LogP contribution >= 0.6 is 11.3 Å². The molecule has 1 rings (SSSR count). The molecule has 0 saturated carbocycles. The quantitative estimate of drug-likeness (QED) is 0.841. The zero-order chi connectivity index (χ0) is 12.2. The summed E-state index contributed by atoms with van der Waals surface area (Å²) >= 11 is 1.53. The van der Waals surface area contributed by atoms with E-state index >= 15 is 0 Å². The molecule has 92 valence electrons. The smallest absolute Gasteiger partial charge is 0.216 e. The van der Waals surface area contributed by atoms with Crippen LogP contribution in [0.15, 0.2) is 17.5 Å². The highest BCUT2D eigenvalue weighted by Gasteiger charge is 2.24. The van der Waals surface area contributed by atoms with Gasteiger partial charge in [-0.25, -0.2) is 8.42 Å². The monoisotopic (exact) mass is 263 g/mol. The van der Waals surface area contributed by atoms with E-state index in [4.69, 9.17) is 5.11 Å². The van der Waals surface area contributed by atoms with Crippen molar-refractivity contribution in [2.24, 2.45) is 0 Å². The Balaban J connectivity index is 2.84. The molecule has 0 aliphatic heterocycles. The van der Waals surface area contributed by atoms with Crippen molar-refractivity contribution in [2.45, 2.75) is 26.4 Å². The van der Waals surface area contributed by atoms with E-state index in [1.54, 1.807) is 0 Å². The van der Waals surface area contributed by atoms with E-state index in [2.05, 4.69) is 0 Å². The van der Waals surface area contributed by atoms with Gasteiger partial charge in [-0.05, 0) is 25.3 Å². The molecule has 0 aromatic carbocycles. The van der Waals surface area contributed by atoms with Gasteiger partial charge in [-0.2, -0.15) is 4.31 Å². The molecule has 0 aliphatic carbocycles. The van der Waals surface area contributed by atoms with Crippen LogP contribution in [0.5, 0.6) is 0 Å². The van der Waals surface area contributed by atoms with Crippen molar-refractivity contribution in [3.8, 4) is 0 Å². The van der Waals surface area contributed by atoms with Crippen LogP contribution in [-0.2, 0) is 16.6 Å². The molecule has 1 N–H and O–H groups in total. The Morgan fingerprint density at radius 3 is 2.62 bits per heavy atom. The van der Waals surface area contributed by atoms with E-state index in [0.29, 0.717) is 6.54 Å². The third kappa shape index (κ3) is 3.55. The third-order valence-corrected chi connectivity index (χ3v) is 5.00. The van der Waals surface area contributed by atoms with E-state index in [1.165, 1.54) is 15.6 Å². The van der Waals surface area contributed by atoms with Gasteiger partial charge >= 0.3 is 0 Å². The minimum absolute atomic E-state index is 0.0985. The fourth-order valence-corrected chi connectivity index (χ4v) is 3.62. The lowest BCUT2D eigenvalue weighted by atomic mass is 10.4. The first-order valence-electron chi connectivity index (χ1n) is 5.10. The van der Waals surface area contributed by atoms with Gasteiger partial charge in [-0.3, -0.25) is 0 Å². The predicted octanol–water partition coefficient (Wildman–Crippen LogP) is 1.28. The summed E-state index contributed by atoms with van der Waals surface area (Å²) in [5.74, 6) is -0.212. The molecule has 0 unspecified atom stereocenters. The Labute approximate surface area is 101 Å². The van der Waals surface area contributed by atoms with E-state index in [0.717, 1.165) is 4.88 Å². The normalized spacial score (nSPS) is 12.6. The number of aliphatic hydroxyl groups excluding tert-OH is 1. The Morgan fingerprint density at radius 1 is 1.50 bits per heavy atom. The van der Waals surface area contributed by atoms with E-state index < -0.39 is 10.0 Å². The zero-order valence-electron chi connectivity index (χ0n) is 9.46. The van der Waals surface area contributed by atoms with Crippen LogP contribution < -0.4 is 0 Å². The number of rotatable bonds is 6. The summed E-state index contributed by atoms with van der Waals surface area (Å²) in [6.45, 7) is 3.72. The molecule has 0 radical (unpaired) electrons. The SMILES string of the molecule is CC(C)N(Cc1cccs1)S(=O)(=O)CCO.